The molecule has 0 radical (unpaired) electrons. The predicted octanol–water partition coefficient (Wildman–Crippen LogP) is 3.63. The van der Waals surface area contributed by atoms with E-state index in [1.807, 2.05) is 13.0 Å². The summed E-state index contributed by atoms with van der Waals surface area (Å²) in [5.74, 6) is -0.246. The lowest BCUT2D eigenvalue weighted by molar-refractivity contribution is -0.137. The van der Waals surface area contributed by atoms with Crippen LogP contribution in [0.5, 0.6) is 0 Å². The Balaban J connectivity index is 2.81. The number of hydrogen-bond donors (Lipinski definition) is 0. The Labute approximate surface area is 98.4 Å². The van der Waals surface area contributed by atoms with Crippen LogP contribution in [0.2, 0.25) is 0 Å². The van der Waals surface area contributed by atoms with Crippen LogP contribution in [0.15, 0.2) is 23.3 Å². The van der Waals surface area contributed by atoms with Gasteiger partial charge in [0.15, 0.2) is 0 Å². The van der Waals surface area contributed by atoms with Gasteiger partial charge in [0.2, 0.25) is 0 Å². The molecule has 0 amide bonds. The maximum atomic E-state index is 11.3. The third kappa shape index (κ3) is 3.22. The molecule has 0 unspecified atom stereocenters. The SMILES string of the molecule is CCOC(=O)/C=C/C1=C(C)CCCC1(C)C. The molecule has 0 fully saturated rings. The maximum Gasteiger partial charge on any atom is 0.330 e. The van der Waals surface area contributed by atoms with Crippen molar-refractivity contribution >= 4 is 5.97 Å². The molecular weight excluding hydrogens is 200 g/mol. The summed E-state index contributed by atoms with van der Waals surface area (Å²) in [4.78, 5) is 11.3. The standard InChI is InChI=1S/C14H22O2/c1-5-16-13(15)9-8-12-11(2)7-6-10-14(12,3)4/h8-9H,5-7,10H2,1-4H3/b9-8+. The van der Waals surface area contributed by atoms with Crippen molar-refractivity contribution in [2.75, 3.05) is 6.61 Å². The Bertz CT molecular complexity index is 322. The van der Waals surface area contributed by atoms with E-state index < -0.39 is 0 Å². The molecule has 0 N–H and O–H groups in total. The number of carbonyl (C=O) groups excluding carboxylic acids is 1. The van der Waals surface area contributed by atoms with E-state index in [9.17, 15) is 4.79 Å². The van der Waals surface area contributed by atoms with Crippen molar-refractivity contribution in [3.8, 4) is 0 Å². The summed E-state index contributed by atoms with van der Waals surface area (Å²) in [6.07, 6.45) is 7.07. The second-order valence-electron chi connectivity index (χ2n) is 5.02. The lowest BCUT2D eigenvalue weighted by atomic mass is 9.73. The van der Waals surface area contributed by atoms with Gasteiger partial charge in [0, 0.05) is 6.08 Å². The van der Waals surface area contributed by atoms with E-state index in [1.54, 1.807) is 6.08 Å². The van der Waals surface area contributed by atoms with Gasteiger partial charge in [-0.1, -0.05) is 25.5 Å². The van der Waals surface area contributed by atoms with E-state index in [-0.39, 0.29) is 11.4 Å². The van der Waals surface area contributed by atoms with Gasteiger partial charge in [-0.15, -0.1) is 0 Å². The molecule has 0 aromatic carbocycles. The molecule has 0 heterocycles. The molecule has 0 aromatic rings. The monoisotopic (exact) mass is 222 g/mol. The van der Waals surface area contributed by atoms with Crippen LogP contribution in [0.3, 0.4) is 0 Å². The molecule has 0 saturated heterocycles. The summed E-state index contributed by atoms with van der Waals surface area (Å²) < 4.78 is 4.89. The highest BCUT2D eigenvalue weighted by Gasteiger charge is 2.26. The van der Waals surface area contributed by atoms with E-state index >= 15 is 0 Å². The quantitative estimate of drug-likeness (QED) is 0.538. The Morgan fingerprint density at radius 1 is 1.50 bits per heavy atom. The molecule has 1 aliphatic rings. The molecule has 0 saturated carbocycles. The Kier molecular flexibility index (Phi) is 4.34. The summed E-state index contributed by atoms with van der Waals surface area (Å²) in [7, 11) is 0. The zero-order valence-electron chi connectivity index (χ0n) is 10.8. The Hall–Kier alpha value is -1.05. The van der Waals surface area contributed by atoms with Gasteiger partial charge in [0.1, 0.15) is 0 Å². The van der Waals surface area contributed by atoms with Crippen molar-refractivity contribution in [3.63, 3.8) is 0 Å². The molecule has 0 aromatic heterocycles. The molecule has 0 aliphatic heterocycles. The highest BCUT2D eigenvalue weighted by atomic mass is 16.5. The average molecular weight is 222 g/mol. The molecule has 0 spiro atoms. The number of allylic oxidation sites excluding steroid dienone is 3. The number of carbonyl (C=O) groups is 1. The third-order valence-electron chi connectivity index (χ3n) is 3.22. The van der Waals surface area contributed by atoms with Gasteiger partial charge in [0.05, 0.1) is 6.61 Å². The van der Waals surface area contributed by atoms with Crippen molar-refractivity contribution in [3.05, 3.63) is 23.3 Å². The minimum atomic E-state index is -0.246. The second kappa shape index (κ2) is 5.33. The lowest BCUT2D eigenvalue weighted by Crippen LogP contribution is -2.19. The van der Waals surface area contributed by atoms with Crippen LogP contribution in [0.25, 0.3) is 0 Å². The third-order valence-corrected chi connectivity index (χ3v) is 3.22. The molecule has 1 rings (SSSR count). The van der Waals surface area contributed by atoms with Crippen LogP contribution in [0.4, 0.5) is 0 Å². The largest absolute Gasteiger partial charge is 0.463 e. The van der Waals surface area contributed by atoms with Crippen molar-refractivity contribution in [1.29, 1.82) is 0 Å². The van der Waals surface area contributed by atoms with E-state index in [1.165, 1.54) is 24.0 Å². The van der Waals surface area contributed by atoms with Gasteiger partial charge in [-0.2, -0.15) is 0 Å². The van der Waals surface area contributed by atoms with Gasteiger partial charge >= 0.3 is 5.97 Å². The molecule has 16 heavy (non-hydrogen) atoms. The first-order valence-corrected chi connectivity index (χ1v) is 6.02. The van der Waals surface area contributed by atoms with Crippen molar-refractivity contribution in [2.24, 2.45) is 5.41 Å². The van der Waals surface area contributed by atoms with E-state index in [0.29, 0.717) is 6.61 Å². The van der Waals surface area contributed by atoms with Gasteiger partial charge in [-0.05, 0) is 44.1 Å². The minimum Gasteiger partial charge on any atom is -0.463 e. The second-order valence-corrected chi connectivity index (χ2v) is 5.02. The summed E-state index contributed by atoms with van der Waals surface area (Å²) in [5.41, 5.74) is 2.88. The zero-order valence-corrected chi connectivity index (χ0v) is 10.8. The van der Waals surface area contributed by atoms with Gasteiger partial charge in [0.25, 0.3) is 0 Å². The van der Waals surface area contributed by atoms with E-state index in [0.717, 1.165) is 6.42 Å². The van der Waals surface area contributed by atoms with Crippen LogP contribution < -0.4 is 0 Å². The Morgan fingerprint density at radius 2 is 2.19 bits per heavy atom. The summed E-state index contributed by atoms with van der Waals surface area (Å²) in [6, 6.07) is 0. The van der Waals surface area contributed by atoms with Gasteiger partial charge in [-0.3, -0.25) is 0 Å². The van der Waals surface area contributed by atoms with Crippen LogP contribution >= 0.6 is 0 Å². The summed E-state index contributed by atoms with van der Waals surface area (Å²) >= 11 is 0. The fraction of sp³-hybridized carbons (Fsp3) is 0.643. The minimum absolute atomic E-state index is 0.186. The molecule has 2 nitrogen and oxygen atoms in total. The first-order valence-electron chi connectivity index (χ1n) is 6.02. The number of ether oxygens (including phenoxy) is 1. The maximum absolute atomic E-state index is 11.3. The fourth-order valence-corrected chi connectivity index (χ4v) is 2.35. The molecule has 0 atom stereocenters. The molecule has 90 valence electrons. The number of hydrogen-bond acceptors (Lipinski definition) is 2. The van der Waals surface area contributed by atoms with Crippen LogP contribution in [0, 0.1) is 5.41 Å². The van der Waals surface area contributed by atoms with Crippen molar-refractivity contribution in [1.82, 2.24) is 0 Å². The first-order chi connectivity index (χ1) is 7.47. The fourth-order valence-electron chi connectivity index (χ4n) is 2.35. The molecule has 1 aliphatic carbocycles. The van der Waals surface area contributed by atoms with Crippen LogP contribution in [0.1, 0.15) is 47.0 Å². The van der Waals surface area contributed by atoms with Crippen LogP contribution in [-0.2, 0) is 9.53 Å². The lowest BCUT2D eigenvalue weighted by Gasteiger charge is -2.32. The number of rotatable bonds is 3. The normalized spacial score (nSPS) is 20.2. The van der Waals surface area contributed by atoms with E-state index in [2.05, 4.69) is 20.8 Å². The average Bonchev–Trinajstić information content (AvgIpc) is 2.16. The topological polar surface area (TPSA) is 26.3 Å². The summed E-state index contributed by atoms with van der Waals surface area (Å²) in [5, 5.41) is 0. The molecular formula is C14H22O2. The van der Waals surface area contributed by atoms with Crippen molar-refractivity contribution in [2.45, 2.75) is 47.0 Å². The first kappa shape index (κ1) is 13.0. The molecule has 2 heteroatoms. The Morgan fingerprint density at radius 3 is 2.75 bits per heavy atom. The number of esters is 1. The smallest absolute Gasteiger partial charge is 0.330 e. The highest BCUT2D eigenvalue weighted by Crippen LogP contribution is 2.40. The summed E-state index contributed by atoms with van der Waals surface area (Å²) in [6.45, 7) is 8.89. The van der Waals surface area contributed by atoms with E-state index in [4.69, 9.17) is 4.74 Å². The van der Waals surface area contributed by atoms with Crippen LogP contribution in [-0.4, -0.2) is 12.6 Å². The highest BCUT2D eigenvalue weighted by molar-refractivity contribution is 5.82. The van der Waals surface area contributed by atoms with Gasteiger partial charge < -0.3 is 4.74 Å². The zero-order chi connectivity index (χ0) is 12.2. The van der Waals surface area contributed by atoms with Gasteiger partial charge in [-0.25, -0.2) is 4.79 Å². The predicted molar refractivity (Wildman–Crippen MR) is 66.1 cm³/mol. The molecule has 0 bridgehead atoms. The van der Waals surface area contributed by atoms with Crippen molar-refractivity contribution < 1.29 is 9.53 Å².